The van der Waals surface area contributed by atoms with Crippen LogP contribution in [0.4, 0.5) is 0 Å². The minimum Gasteiger partial charge on any atom is -0.464 e. The van der Waals surface area contributed by atoms with Gasteiger partial charge in [-0.15, -0.1) is 0 Å². The number of hydrogen-bond donors (Lipinski definition) is 0. The third kappa shape index (κ3) is 3.33. The largest absolute Gasteiger partial charge is 0.464 e. The molecule has 0 saturated carbocycles. The van der Waals surface area contributed by atoms with Crippen LogP contribution in [-0.4, -0.2) is 35.8 Å². The summed E-state index contributed by atoms with van der Waals surface area (Å²) in [6, 6.07) is 16.4. The number of para-hydroxylation sites is 1. The first kappa shape index (κ1) is 18.7. The van der Waals surface area contributed by atoms with E-state index in [9.17, 15) is 14.4 Å². The topological polar surface area (TPSA) is 72.9 Å². The first-order valence-electron chi connectivity index (χ1n) is 9.26. The van der Waals surface area contributed by atoms with Gasteiger partial charge < -0.3 is 9.47 Å². The number of nitrogens with zero attached hydrogens (tertiary/aromatic N) is 1. The van der Waals surface area contributed by atoms with Crippen molar-refractivity contribution in [3.63, 3.8) is 0 Å². The lowest BCUT2D eigenvalue weighted by Crippen LogP contribution is -2.42. The quantitative estimate of drug-likeness (QED) is 0.485. The fourth-order valence-electron chi connectivity index (χ4n) is 3.48. The van der Waals surface area contributed by atoms with Crippen LogP contribution in [0.5, 0.6) is 11.5 Å². The number of carbonyl (C=O) groups excluding carboxylic acids is 3. The van der Waals surface area contributed by atoms with Crippen molar-refractivity contribution in [2.75, 3.05) is 13.2 Å². The van der Waals surface area contributed by atoms with Crippen LogP contribution < -0.4 is 4.74 Å². The molecule has 0 unspecified atom stereocenters. The van der Waals surface area contributed by atoms with E-state index in [1.54, 1.807) is 24.3 Å². The molecule has 1 heterocycles. The molecule has 4 rings (SSSR count). The Labute approximate surface area is 167 Å². The zero-order valence-electron chi connectivity index (χ0n) is 16.1. The SMILES string of the molecule is CC(=O)OCCN1C(=O)c2cccc3c(Oc4ccccc4C)ccc(c23)C1=O. The lowest BCUT2D eigenvalue weighted by molar-refractivity contribution is -0.141. The maximum Gasteiger partial charge on any atom is 0.302 e. The molecular formula is C23H19NO5. The van der Waals surface area contributed by atoms with E-state index in [1.165, 1.54) is 6.92 Å². The normalized spacial score (nSPS) is 13.0. The average Bonchev–Trinajstić information content (AvgIpc) is 2.71. The third-order valence-electron chi connectivity index (χ3n) is 4.89. The van der Waals surface area contributed by atoms with Crippen molar-refractivity contribution in [3.05, 3.63) is 71.3 Å². The third-order valence-corrected chi connectivity index (χ3v) is 4.89. The molecule has 3 aromatic carbocycles. The fourth-order valence-corrected chi connectivity index (χ4v) is 3.48. The van der Waals surface area contributed by atoms with Gasteiger partial charge in [-0.25, -0.2) is 0 Å². The Morgan fingerprint density at radius 1 is 0.897 bits per heavy atom. The zero-order valence-corrected chi connectivity index (χ0v) is 16.1. The van der Waals surface area contributed by atoms with Gasteiger partial charge in [0.1, 0.15) is 18.1 Å². The molecule has 29 heavy (non-hydrogen) atoms. The van der Waals surface area contributed by atoms with Crippen LogP contribution in [0.25, 0.3) is 10.8 Å². The highest BCUT2D eigenvalue weighted by atomic mass is 16.5. The molecule has 0 bridgehead atoms. The van der Waals surface area contributed by atoms with Crippen molar-refractivity contribution < 1.29 is 23.9 Å². The maximum absolute atomic E-state index is 12.9. The summed E-state index contributed by atoms with van der Waals surface area (Å²) in [5, 5.41) is 1.28. The van der Waals surface area contributed by atoms with E-state index in [-0.39, 0.29) is 13.2 Å². The Kier molecular flexibility index (Phi) is 4.76. The summed E-state index contributed by atoms with van der Waals surface area (Å²) in [4.78, 5) is 38.0. The van der Waals surface area contributed by atoms with Gasteiger partial charge in [0.15, 0.2) is 0 Å². The molecule has 6 heteroatoms. The van der Waals surface area contributed by atoms with Crippen molar-refractivity contribution >= 4 is 28.6 Å². The van der Waals surface area contributed by atoms with Crippen LogP contribution in [0.15, 0.2) is 54.6 Å². The monoisotopic (exact) mass is 389 g/mol. The van der Waals surface area contributed by atoms with Crippen LogP contribution >= 0.6 is 0 Å². The molecule has 1 aliphatic heterocycles. The number of carbonyl (C=O) groups is 3. The molecule has 0 spiro atoms. The Morgan fingerprint density at radius 2 is 1.62 bits per heavy atom. The van der Waals surface area contributed by atoms with Gasteiger partial charge in [-0.3, -0.25) is 19.3 Å². The number of ether oxygens (including phenoxy) is 2. The van der Waals surface area contributed by atoms with Crippen LogP contribution in [0, 0.1) is 6.92 Å². The summed E-state index contributed by atoms with van der Waals surface area (Å²) < 4.78 is 11.0. The van der Waals surface area contributed by atoms with Gasteiger partial charge in [0.05, 0.1) is 6.54 Å². The Bertz CT molecular complexity index is 1130. The molecule has 0 radical (unpaired) electrons. The maximum atomic E-state index is 12.9. The van der Waals surface area contributed by atoms with Crippen LogP contribution in [-0.2, 0) is 9.53 Å². The predicted octanol–water partition coefficient (Wildman–Crippen LogP) is 4.10. The number of benzene rings is 3. The highest BCUT2D eigenvalue weighted by Gasteiger charge is 2.33. The summed E-state index contributed by atoms with van der Waals surface area (Å²) >= 11 is 0. The van der Waals surface area contributed by atoms with Crippen molar-refractivity contribution in [1.29, 1.82) is 0 Å². The van der Waals surface area contributed by atoms with Gasteiger partial charge >= 0.3 is 5.97 Å². The highest BCUT2D eigenvalue weighted by Crippen LogP contribution is 2.37. The van der Waals surface area contributed by atoms with Gasteiger partial charge in [-0.05, 0) is 36.8 Å². The molecule has 1 aliphatic rings. The summed E-state index contributed by atoms with van der Waals surface area (Å²) in [5.74, 6) is 0.0162. The van der Waals surface area contributed by atoms with Crippen molar-refractivity contribution in [2.24, 2.45) is 0 Å². The Morgan fingerprint density at radius 3 is 2.34 bits per heavy atom. The fraction of sp³-hybridized carbons (Fsp3) is 0.174. The summed E-state index contributed by atoms with van der Waals surface area (Å²) in [6.45, 7) is 3.21. The van der Waals surface area contributed by atoms with Crippen molar-refractivity contribution in [3.8, 4) is 11.5 Å². The standard InChI is InChI=1S/C23H19NO5/c1-14-6-3-4-9-19(14)29-20-11-10-18-21-16(20)7-5-8-17(21)22(26)24(23(18)27)12-13-28-15(2)25/h3-11H,12-13H2,1-2H3. The molecule has 146 valence electrons. The molecule has 0 saturated heterocycles. The molecule has 2 amide bonds. The summed E-state index contributed by atoms with van der Waals surface area (Å²) in [5.41, 5.74) is 1.84. The molecule has 0 fully saturated rings. The minimum absolute atomic E-state index is 0.00847. The number of amides is 2. The number of imide groups is 1. The smallest absolute Gasteiger partial charge is 0.302 e. The van der Waals surface area contributed by atoms with E-state index < -0.39 is 17.8 Å². The predicted molar refractivity (Wildman–Crippen MR) is 107 cm³/mol. The highest BCUT2D eigenvalue weighted by molar-refractivity contribution is 6.26. The van der Waals surface area contributed by atoms with E-state index >= 15 is 0 Å². The molecule has 6 nitrogen and oxygen atoms in total. The van der Waals surface area contributed by atoms with E-state index in [1.807, 2.05) is 37.3 Å². The second kappa shape index (κ2) is 7.39. The minimum atomic E-state index is -0.456. The molecule has 3 aromatic rings. The van der Waals surface area contributed by atoms with Gasteiger partial charge in [0.2, 0.25) is 0 Å². The first-order chi connectivity index (χ1) is 14.0. The van der Waals surface area contributed by atoms with Crippen molar-refractivity contribution in [1.82, 2.24) is 4.90 Å². The van der Waals surface area contributed by atoms with Crippen molar-refractivity contribution in [2.45, 2.75) is 13.8 Å². The van der Waals surface area contributed by atoms with Gasteiger partial charge in [-0.1, -0.05) is 30.3 Å². The number of esters is 1. The summed E-state index contributed by atoms with van der Waals surface area (Å²) in [6.07, 6.45) is 0. The Hall–Kier alpha value is -3.67. The van der Waals surface area contributed by atoms with Gasteiger partial charge in [0, 0.05) is 28.8 Å². The molecule has 0 N–H and O–H groups in total. The second-order valence-electron chi connectivity index (χ2n) is 6.81. The van der Waals surface area contributed by atoms with E-state index in [2.05, 4.69) is 0 Å². The molecule has 0 atom stereocenters. The Balaban J connectivity index is 1.75. The number of hydrogen-bond acceptors (Lipinski definition) is 5. The average molecular weight is 389 g/mol. The number of rotatable bonds is 5. The lowest BCUT2D eigenvalue weighted by Gasteiger charge is -2.27. The van der Waals surface area contributed by atoms with E-state index in [0.717, 1.165) is 10.5 Å². The summed E-state index contributed by atoms with van der Waals surface area (Å²) in [7, 11) is 0. The molecular weight excluding hydrogens is 370 g/mol. The molecule has 0 aromatic heterocycles. The second-order valence-corrected chi connectivity index (χ2v) is 6.81. The number of aryl methyl sites for hydroxylation is 1. The van der Waals surface area contributed by atoms with E-state index in [4.69, 9.17) is 9.47 Å². The van der Waals surface area contributed by atoms with E-state index in [0.29, 0.717) is 33.4 Å². The van der Waals surface area contributed by atoms with Crippen LogP contribution in [0.2, 0.25) is 0 Å². The van der Waals surface area contributed by atoms with Crippen LogP contribution in [0.3, 0.4) is 0 Å². The van der Waals surface area contributed by atoms with Gasteiger partial charge in [-0.2, -0.15) is 0 Å². The molecule has 0 aliphatic carbocycles. The van der Waals surface area contributed by atoms with Crippen LogP contribution in [0.1, 0.15) is 33.2 Å². The van der Waals surface area contributed by atoms with Gasteiger partial charge in [0.25, 0.3) is 11.8 Å². The first-order valence-corrected chi connectivity index (χ1v) is 9.26. The lowest BCUT2D eigenvalue weighted by atomic mass is 9.93. The zero-order chi connectivity index (χ0) is 20.5.